The Hall–Kier alpha value is -1.04. The lowest BCUT2D eigenvalue weighted by Crippen LogP contribution is -2.37. The molecular weight excluding hydrogens is 316 g/mol. The monoisotopic (exact) mass is 336 g/mol. The predicted molar refractivity (Wildman–Crippen MR) is 99.2 cm³/mol. The van der Waals surface area contributed by atoms with E-state index < -0.39 is 0 Å². The van der Waals surface area contributed by atoms with Crippen LogP contribution in [0.4, 0.5) is 0 Å². The number of thiocarbonyl (C=S) groups is 1. The van der Waals surface area contributed by atoms with Crippen molar-refractivity contribution < 1.29 is 0 Å². The van der Waals surface area contributed by atoms with Gasteiger partial charge in [0.15, 0.2) is 5.11 Å². The molecule has 0 saturated heterocycles. The van der Waals surface area contributed by atoms with Gasteiger partial charge in [-0.25, -0.2) is 0 Å². The second-order valence-corrected chi connectivity index (χ2v) is 7.10. The van der Waals surface area contributed by atoms with E-state index in [1.54, 1.807) is 0 Å². The Balaban J connectivity index is 1.48. The summed E-state index contributed by atoms with van der Waals surface area (Å²) in [5.74, 6) is 2.16. The minimum absolute atomic E-state index is 0.752. The minimum Gasteiger partial charge on any atom is -0.362 e. The van der Waals surface area contributed by atoms with Gasteiger partial charge in [0.1, 0.15) is 0 Å². The first kappa shape index (κ1) is 16.3. The maximum atomic E-state index is 5.27. The van der Waals surface area contributed by atoms with Crippen LogP contribution in [0.3, 0.4) is 0 Å². The molecule has 112 valence electrons. The van der Waals surface area contributed by atoms with Gasteiger partial charge >= 0.3 is 0 Å². The van der Waals surface area contributed by atoms with E-state index in [0.29, 0.717) is 0 Å². The van der Waals surface area contributed by atoms with Crippen molar-refractivity contribution in [3.8, 4) is 0 Å². The van der Waals surface area contributed by atoms with E-state index in [-0.39, 0.29) is 0 Å². The van der Waals surface area contributed by atoms with E-state index in [1.165, 1.54) is 10.4 Å². The van der Waals surface area contributed by atoms with Gasteiger partial charge in [0.05, 0.1) is 0 Å². The van der Waals surface area contributed by atoms with Gasteiger partial charge < -0.3 is 10.6 Å². The molecule has 1 heterocycles. The third kappa shape index (κ3) is 6.98. The Morgan fingerprint density at radius 3 is 2.62 bits per heavy atom. The number of benzene rings is 1. The van der Waals surface area contributed by atoms with Crippen LogP contribution >= 0.6 is 35.3 Å². The standard InChI is InChI=1S/C16H20N2S3/c19-16(17-9-8-14-5-2-1-3-6-14)18-10-12-20-13-15-7-4-11-21-15/h1-7,11H,8-10,12-13H2,(H2,17,18,19). The average Bonchev–Trinajstić information content (AvgIpc) is 3.01. The number of rotatable bonds is 8. The molecule has 2 N–H and O–H groups in total. The lowest BCUT2D eigenvalue weighted by atomic mass is 10.1. The fourth-order valence-corrected chi connectivity index (χ4v) is 3.74. The maximum Gasteiger partial charge on any atom is 0.166 e. The van der Waals surface area contributed by atoms with E-state index >= 15 is 0 Å². The molecule has 0 amide bonds. The molecule has 5 heteroatoms. The fourth-order valence-electron chi connectivity index (χ4n) is 1.83. The summed E-state index contributed by atoms with van der Waals surface area (Å²) >= 11 is 9.02. The smallest absolute Gasteiger partial charge is 0.166 e. The second kappa shape index (κ2) is 9.82. The topological polar surface area (TPSA) is 24.1 Å². The lowest BCUT2D eigenvalue weighted by Gasteiger charge is -2.10. The van der Waals surface area contributed by atoms with Crippen LogP contribution in [-0.4, -0.2) is 24.0 Å². The van der Waals surface area contributed by atoms with Crippen molar-refractivity contribution in [3.63, 3.8) is 0 Å². The SMILES string of the molecule is S=C(NCCSCc1cccs1)NCCc1ccccc1. The van der Waals surface area contributed by atoms with Crippen molar-refractivity contribution in [2.24, 2.45) is 0 Å². The summed E-state index contributed by atoms with van der Waals surface area (Å²) in [5, 5.41) is 9.38. The highest BCUT2D eigenvalue weighted by molar-refractivity contribution is 7.98. The molecule has 0 bridgehead atoms. The van der Waals surface area contributed by atoms with Crippen molar-refractivity contribution in [1.29, 1.82) is 0 Å². The van der Waals surface area contributed by atoms with Gasteiger partial charge in [0, 0.05) is 29.5 Å². The largest absolute Gasteiger partial charge is 0.362 e. The molecule has 0 radical (unpaired) electrons. The first-order valence-corrected chi connectivity index (χ1v) is 9.44. The predicted octanol–water partition coefficient (Wildman–Crippen LogP) is 3.69. The lowest BCUT2D eigenvalue weighted by molar-refractivity contribution is 0.831. The van der Waals surface area contributed by atoms with Gasteiger partial charge in [-0.3, -0.25) is 0 Å². The Morgan fingerprint density at radius 2 is 1.86 bits per heavy atom. The highest BCUT2D eigenvalue weighted by Crippen LogP contribution is 2.16. The highest BCUT2D eigenvalue weighted by Gasteiger charge is 1.97. The van der Waals surface area contributed by atoms with Crippen LogP contribution in [0.25, 0.3) is 0 Å². The summed E-state index contributed by atoms with van der Waals surface area (Å²) in [5.41, 5.74) is 1.33. The van der Waals surface area contributed by atoms with Gasteiger partial charge in [-0.2, -0.15) is 11.8 Å². The summed E-state index contributed by atoms with van der Waals surface area (Å²) in [6, 6.07) is 14.7. The van der Waals surface area contributed by atoms with Gasteiger partial charge in [0.2, 0.25) is 0 Å². The number of hydrogen-bond acceptors (Lipinski definition) is 3. The molecule has 2 rings (SSSR count). The number of thiophene rings is 1. The Kier molecular flexibility index (Phi) is 7.63. The molecule has 0 fully saturated rings. The summed E-state index contributed by atoms with van der Waals surface area (Å²) in [6.45, 7) is 1.78. The van der Waals surface area contributed by atoms with E-state index in [2.05, 4.69) is 52.4 Å². The van der Waals surface area contributed by atoms with Crippen molar-refractivity contribution in [2.45, 2.75) is 12.2 Å². The van der Waals surface area contributed by atoms with Crippen LogP contribution in [0.1, 0.15) is 10.4 Å². The van der Waals surface area contributed by atoms with Crippen LogP contribution in [0.15, 0.2) is 47.8 Å². The van der Waals surface area contributed by atoms with Gasteiger partial charge in [0.25, 0.3) is 0 Å². The molecule has 0 aliphatic rings. The second-order valence-electron chi connectivity index (χ2n) is 4.55. The van der Waals surface area contributed by atoms with Crippen LogP contribution < -0.4 is 10.6 Å². The van der Waals surface area contributed by atoms with Gasteiger partial charge in [-0.15, -0.1) is 11.3 Å². The molecule has 0 aliphatic heterocycles. The van der Waals surface area contributed by atoms with E-state index in [4.69, 9.17) is 12.2 Å². The first-order chi connectivity index (χ1) is 10.3. The van der Waals surface area contributed by atoms with Crippen molar-refractivity contribution in [2.75, 3.05) is 18.8 Å². The molecule has 21 heavy (non-hydrogen) atoms. The zero-order chi connectivity index (χ0) is 14.8. The van der Waals surface area contributed by atoms with Gasteiger partial charge in [-0.05, 0) is 35.6 Å². The highest BCUT2D eigenvalue weighted by atomic mass is 32.2. The van der Waals surface area contributed by atoms with Crippen molar-refractivity contribution >= 4 is 40.4 Å². The van der Waals surface area contributed by atoms with Gasteiger partial charge in [-0.1, -0.05) is 36.4 Å². The van der Waals surface area contributed by atoms with Crippen LogP contribution in [0.2, 0.25) is 0 Å². The quantitative estimate of drug-likeness (QED) is 0.567. The third-order valence-electron chi connectivity index (χ3n) is 2.90. The number of thioether (sulfide) groups is 1. The van der Waals surface area contributed by atoms with E-state index in [1.807, 2.05) is 29.2 Å². The average molecular weight is 337 g/mol. The van der Waals surface area contributed by atoms with Crippen LogP contribution in [-0.2, 0) is 12.2 Å². The van der Waals surface area contributed by atoms with Crippen LogP contribution in [0, 0.1) is 0 Å². The minimum atomic E-state index is 0.752. The van der Waals surface area contributed by atoms with Crippen LogP contribution in [0.5, 0.6) is 0 Å². The maximum absolute atomic E-state index is 5.27. The summed E-state index contributed by atoms with van der Waals surface area (Å²) < 4.78 is 0. The summed E-state index contributed by atoms with van der Waals surface area (Å²) in [7, 11) is 0. The molecule has 2 nitrogen and oxygen atoms in total. The van der Waals surface area contributed by atoms with Crippen molar-refractivity contribution in [3.05, 3.63) is 58.3 Å². The third-order valence-corrected chi connectivity index (χ3v) is 5.25. The van der Waals surface area contributed by atoms with Crippen molar-refractivity contribution in [1.82, 2.24) is 10.6 Å². The Labute approximate surface area is 140 Å². The molecular formula is C16H20N2S3. The number of hydrogen-bond donors (Lipinski definition) is 2. The Morgan fingerprint density at radius 1 is 1.05 bits per heavy atom. The number of nitrogens with one attached hydrogen (secondary N) is 2. The fraction of sp³-hybridized carbons (Fsp3) is 0.312. The molecule has 0 saturated carbocycles. The molecule has 2 aromatic rings. The zero-order valence-corrected chi connectivity index (χ0v) is 14.3. The zero-order valence-electron chi connectivity index (χ0n) is 11.9. The molecule has 0 unspecified atom stereocenters. The molecule has 1 aromatic heterocycles. The molecule has 0 spiro atoms. The van der Waals surface area contributed by atoms with E-state index in [9.17, 15) is 0 Å². The Bertz CT molecular complexity index is 512. The molecule has 1 aromatic carbocycles. The normalized spacial score (nSPS) is 10.3. The first-order valence-electron chi connectivity index (χ1n) is 7.00. The molecule has 0 aliphatic carbocycles. The summed E-state index contributed by atoms with van der Waals surface area (Å²) in [4.78, 5) is 1.43. The van der Waals surface area contributed by atoms with E-state index in [0.717, 1.165) is 36.1 Å². The summed E-state index contributed by atoms with van der Waals surface area (Å²) in [6.07, 6.45) is 0.996. The molecule has 0 atom stereocenters.